The van der Waals surface area contributed by atoms with Crippen molar-refractivity contribution in [3.8, 4) is 0 Å². The molecule has 0 bridgehead atoms. The van der Waals surface area contributed by atoms with Gasteiger partial charge >= 0.3 is 0 Å². The molecular weight excluding hydrogens is 194 g/mol. The zero-order valence-electron chi connectivity index (χ0n) is 8.80. The van der Waals surface area contributed by atoms with Crippen LogP contribution in [-0.4, -0.2) is 46.4 Å². The summed E-state index contributed by atoms with van der Waals surface area (Å²) in [5, 5.41) is 4.01. The normalized spacial score (nSPS) is 21.7. The number of aromatic nitrogens is 2. The van der Waals surface area contributed by atoms with Crippen LogP contribution in [0.15, 0.2) is 18.5 Å². The average molecular weight is 209 g/mol. The highest BCUT2D eigenvalue weighted by Crippen LogP contribution is 2.05. The van der Waals surface area contributed by atoms with Crippen LogP contribution in [0.2, 0.25) is 0 Å². The van der Waals surface area contributed by atoms with Gasteiger partial charge in [0.2, 0.25) is 5.91 Å². The van der Waals surface area contributed by atoms with Crippen LogP contribution in [0.5, 0.6) is 0 Å². The molecule has 82 valence electrons. The highest BCUT2D eigenvalue weighted by molar-refractivity contribution is 5.76. The molecular formula is C10H15N3O2. The van der Waals surface area contributed by atoms with Gasteiger partial charge in [0.15, 0.2) is 0 Å². The first-order valence-electron chi connectivity index (χ1n) is 5.12. The van der Waals surface area contributed by atoms with E-state index in [9.17, 15) is 4.79 Å². The third kappa shape index (κ3) is 2.56. The molecule has 15 heavy (non-hydrogen) atoms. The predicted octanol–water partition coefficient (Wildman–Crippen LogP) is 0.130. The largest absolute Gasteiger partial charge is 0.375 e. The van der Waals surface area contributed by atoms with Crippen molar-refractivity contribution in [1.29, 1.82) is 0 Å². The van der Waals surface area contributed by atoms with Crippen LogP contribution >= 0.6 is 0 Å². The van der Waals surface area contributed by atoms with Gasteiger partial charge < -0.3 is 9.64 Å². The van der Waals surface area contributed by atoms with E-state index in [1.165, 1.54) is 0 Å². The third-order valence-corrected chi connectivity index (χ3v) is 2.45. The standard InChI is InChI=1S/C10H15N3O2/c1-9-7-12(5-6-15-9)10(14)8-13-4-2-3-11-13/h2-4,9H,5-8H2,1H3/t9-/m0/s1. The van der Waals surface area contributed by atoms with E-state index in [-0.39, 0.29) is 12.0 Å². The second-order valence-electron chi connectivity index (χ2n) is 3.72. The van der Waals surface area contributed by atoms with Gasteiger partial charge in [-0.15, -0.1) is 0 Å². The molecule has 1 amide bonds. The number of rotatable bonds is 2. The molecule has 1 aliphatic heterocycles. The first-order chi connectivity index (χ1) is 7.25. The minimum Gasteiger partial charge on any atom is -0.375 e. The first kappa shape index (κ1) is 10.2. The maximum absolute atomic E-state index is 11.8. The van der Waals surface area contributed by atoms with Gasteiger partial charge in [0.05, 0.1) is 12.7 Å². The van der Waals surface area contributed by atoms with E-state index in [4.69, 9.17) is 4.74 Å². The molecule has 5 heteroatoms. The van der Waals surface area contributed by atoms with E-state index in [0.717, 1.165) is 0 Å². The molecule has 0 aromatic carbocycles. The van der Waals surface area contributed by atoms with Gasteiger partial charge in [-0.25, -0.2) is 0 Å². The van der Waals surface area contributed by atoms with Gasteiger partial charge in [-0.05, 0) is 13.0 Å². The van der Waals surface area contributed by atoms with Gasteiger partial charge in [0.25, 0.3) is 0 Å². The van der Waals surface area contributed by atoms with E-state index in [0.29, 0.717) is 26.2 Å². The van der Waals surface area contributed by atoms with Crippen LogP contribution in [0.4, 0.5) is 0 Å². The molecule has 0 N–H and O–H groups in total. The summed E-state index contributed by atoms with van der Waals surface area (Å²) >= 11 is 0. The Balaban J connectivity index is 1.90. The van der Waals surface area contributed by atoms with Crippen molar-refractivity contribution >= 4 is 5.91 Å². The van der Waals surface area contributed by atoms with E-state index < -0.39 is 0 Å². The van der Waals surface area contributed by atoms with E-state index >= 15 is 0 Å². The van der Waals surface area contributed by atoms with Crippen LogP contribution in [0.3, 0.4) is 0 Å². The van der Waals surface area contributed by atoms with Crippen molar-refractivity contribution in [3.05, 3.63) is 18.5 Å². The second-order valence-corrected chi connectivity index (χ2v) is 3.72. The Hall–Kier alpha value is -1.36. The summed E-state index contributed by atoms with van der Waals surface area (Å²) in [4.78, 5) is 13.6. The lowest BCUT2D eigenvalue weighted by Crippen LogP contribution is -2.45. The Labute approximate surface area is 88.6 Å². The lowest BCUT2D eigenvalue weighted by atomic mass is 10.3. The zero-order valence-corrected chi connectivity index (χ0v) is 8.80. The number of carbonyl (C=O) groups excluding carboxylic acids is 1. The van der Waals surface area contributed by atoms with E-state index in [1.54, 1.807) is 17.1 Å². The lowest BCUT2D eigenvalue weighted by Gasteiger charge is -2.31. The molecule has 2 heterocycles. The predicted molar refractivity (Wildman–Crippen MR) is 54.2 cm³/mol. The van der Waals surface area contributed by atoms with Gasteiger partial charge in [-0.3, -0.25) is 9.48 Å². The Morgan fingerprint density at radius 3 is 3.20 bits per heavy atom. The summed E-state index contributed by atoms with van der Waals surface area (Å²) in [6, 6.07) is 1.81. The number of nitrogens with zero attached hydrogens (tertiary/aromatic N) is 3. The molecule has 1 atom stereocenters. The van der Waals surface area contributed by atoms with Gasteiger partial charge in [0, 0.05) is 25.5 Å². The molecule has 1 aromatic rings. The SMILES string of the molecule is C[C@H]1CN(C(=O)Cn2cccn2)CCO1. The highest BCUT2D eigenvalue weighted by atomic mass is 16.5. The average Bonchev–Trinajstić information content (AvgIpc) is 2.70. The smallest absolute Gasteiger partial charge is 0.244 e. The summed E-state index contributed by atoms with van der Waals surface area (Å²) in [6.45, 7) is 4.30. The third-order valence-electron chi connectivity index (χ3n) is 2.45. The maximum Gasteiger partial charge on any atom is 0.244 e. The number of ether oxygens (including phenoxy) is 1. The van der Waals surface area contributed by atoms with Crippen LogP contribution in [-0.2, 0) is 16.1 Å². The fourth-order valence-electron chi connectivity index (χ4n) is 1.68. The molecule has 0 saturated carbocycles. The number of amides is 1. The van der Waals surface area contributed by atoms with E-state index in [2.05, 4.69) is 5.10 Å². The molecule has 1 aromatic heterocycles. The van der Waals surface area contributed by atoms with E-state index in [1.807, 2.05) is 17.9 Å². The van der Waals surface area contributed by atoms with Crippen molar-refractivity contribution in [3.63, 3.8) is 0 Å². The minimum absolute atomic E-state index is 0.105. The molecule has 0 spiro atoms. The Morgan fingerprint density at radius 1 is 1.67 bits per heavy atom. The molecule has 0 unspecified atom stereocenters. The molecule has 5 nitrogen and oxygen atoms in total. The van der Waals surface area contributed by atoms with Gasteiger partial charge in [-0.2, -0.15) is 5.10 Å². The number of hydrogen-bond donors (Lipinski definition) is 0. The summed E-state index contributed by atoms with van der Waals surface area (Å²) in [7, 11) is 0. The summed E-state index contributed by atoms with van der Waals surface area (Å²) in [5.74, 6) is 0.105. The molecule has 0 radical (unpaired) electrons. The topological polar surface area (TPSA) is 47.4 Å². The van der Waals surface area contributed by atoms with Crippen molar-refractivity contribution < 1.29 is 9.53 Å². The fraction of sp³-hybridized carbons (Fsp3) is 0.600. The highest BCUT2D eigenvalue weighted by Gasteiger charge is 2.21. The second kappa shape index (κ2) is 4.44. The first-order valence-corrected chi connectivity index (χ1v) is 5.12. The maximum atomic E-state index is 11.8. The number of carbonyl (C=O) groups is 1. The lowest BCUT2D eigenvalue weighted by molar-refractivity contribution is -0.138. The zero-order chi connectivity index (χ0) is 10.7. The Kier molecular flexibility index (Phi) is 3.01. The number of morpholine rings is 1. The van der Waals surface area contributed by atoms with Crippen LogP contribution in [0, 0.1) is 0 Å². The molecule has 2 rings (SSSR count). The quantitative estimate of drug-likeness (QED) is 0.695. The van der Waals surface area contributed by atoms with Crippen LogP contribution in [0.25, 0.3) is 0 Å². The summed E-state index contributed by atoms with van der Waals surface area (Å²) < 4.78 is 7.02. The van der Waals surface area contributed by atoms with Gasteiger partial charge in [0.1, 0.15) is 6.54 Å². The monoisotopic (exact) mass is 209 g/mol. The minimum atomic E-state index is 0.105. The van der Waals surface area contributed by atoms with Crippen molar-refractivity contribution in [2.75, 3.05) is 19.7 Å². The van der Waals surface area contributed by atoms with Crippen molar-refractivity contribution in [2.24, 2.45) is 0 Å². The van der Waals surface area contributed by atoms with Crippen LogP contribution in [0.1, 0.15) is 6.92 Å². The molecule has 1 saturated heterocycles. The van der Waals surface area contributed by atoms with Crippen LogP contribution < -0.4 is 0 Å². The van der Waals surface area contributed by atoms with Crippen molar-refractivity contribution in [1.82, 2.24) is 14.7 Å². The summed E-state index contributed by atoms with van der Waals surface area (Å²) in [5.41, 5.74) is 0. The molecule has 1 aliphatic rings. The molecule has 0 aliphatic carbocycles. The fourth-order valence-corrected chi connectivity index (χ4v) is 1.68. The molecule has 1 fully saturated rings. The number of hydrogen-bond acceptors (Lipinski definition) is 3. The Morgan fingerprint density at radius 2 is 2.53 bits per heavy atom. The van der Waals surface area contributed by atoms with Gasteiger partial charge in [-0.1, -0.05) is 0 Å². The van der Waals surface area contributed by atoms with Crippen molar-refractivity contribution in [2.45, 2.75) is 19.6 Å². The Bertz CT molecular complexity index is 323. The summed E-state index contributed by atoms with van der Waals surface area (Å²) in [6.07, 6.45) is 3.61.